The molecule has 1 aromatic heterocycles. The van der Waals surface area contributed by atoms with Crippen LogP contribution in [0.2, 0.25) is 0 Å². The third kappa shape index (κ3) is 3.60. The van der Waals surface area contributed by atoms with Crippen LogP contribution in [0.1, 0.15) is 47.2 Å². The van der Waals surface area contributed by atoms with Crippen molar-refractivity contribution in [1.82, 2.24) is 5.32 Å². The molecule has 2 atom stereocenters. The summed E-state index contributed by atoms with van der Waals surface area (Å²) in [5, 5.41) is 12.1. The third-order valence-electron chi connectivity index (χ3n) is 3.98. The fraction of sp³-hybridized carbons (Fsp3) is 0.600. The maximum Gasteiger partial charge on any atom is 0.306 e. The molecule has 0 aliphatic heterocycles. The Morgan fingerprint density at radius 1 is 1.35 bits per heavy atom. The van der Waals surface area contributed by atoms with E-state index in [1.165, 1.54) is 16.2 Å². The summed E-state index contributed by atoms with van der Waals surface area (Å²) < 4.78 is 0. The molecule has 1 aliphatic rings. The van der Waals surface area contributed by atoms with Gasteiger partial charge in [-0.05, 0) is 37.3 Å². The van der Waals surface area contributed by atoms with Gasteiger partial charge in [-0.2, -0.15) is 0 Å². The number of rotatable bonds is 5. The van der Waals surface area contributed by atoms with Crippen LogP contribution in [0.15, 0.2) is 12.1 Å². The summed E-state index contributed by atoms with van der Waals surface area (Å²) >= 11 is 1.51. The number of nitrogens with one attached hydrogen (secondary N) is 1. The molecule has 1 heterocycles. The van der Waals surface area contributed by atoms with E-state index in [1.54, 1.807) is 0 Å². The van der Waals surface area contributed by atoms with Crippen molar-refractivity contribution < 1.29 is 14.7 Å². The molecule has 0 saturated heterocycles. The van der Waals surface area contributed by atoms with Gasteiger partial charge in [-0.15, -0.1) is 11.3 Å². The van der Waals surface area contributed by atoms with Crippen LogP contribution in [-0.2, 0) is 11.2 Å². The van der Waals surface area contributed by atoms with Crippen molar-refractivity contribution in [3.8, 4) is 0 Å². The summed E-state index contributed by atoms with van der Waals surface area (Å²) in [4.78, 5) is 25.2. The molecule has 2 rings (SSSR count). The average Bonchev–Trinajstić information content (AvgIpc) is 2.94. The fourth-order valence-electron chi connectivity index (χ4n) is 2.78. The van der Waals surface area contributed by atoms with Gasteiger partial charge in [-0.1, -0.05) is 19.8 Å². The zero-order valence-corrected chi connectivity index (χ0v) is 12.5. The Labute approximate surface area is 123 Å². The number of carbonyl (C=O) groups excluding carboxylic acids is 1. The van der Waals surface area contributed by atoms with Crippen LogP contribution in [0.3, 0.4) is 0 Å². The first kappa shape index (κ1) is 15.0. The van der Waals surface area contributed by atoms with Gasteiger partial charge in [0, 0.05) is 11.4 Å². The Bertz CT molecular complexity index is 483. The quantitative estimate of drug-likeness (QED) is 0.877. The number of aryl methyl sites for hydroxylation is 1. The number of amides is 1. The molecular weight excluding hydrogens is 274 g/mol. The Hall–Kier alpha value is -1.36. The molecule has 2 unspecified atom stereocenters. The SMILES string of the molecule is CCc1ccc(C(=O)NCC2CCCCC2C(=O)O)s1. The first-order valence-corrected chi connectivity index (χ1v) is 8.03. The van der Waals surface area contributed by atoms with Crippen LogP contribution < -0.4 is 5.32 Å². The van der Waals surface area contributed by atoms with Crippen LogP contribution in [0.25, 0.3) is 0 Å². The molecule has 2 N–H and O–H groups in total. The van der Waals surface area contributed by atoms with Gasteiger partial charge in [0.2, 0.25) is 0 Å². The van der Waals surface area contributed by atoms with Crippen molar-refractivity contribution in [2.24, 2.45) is 11.8 Å². The highest BCUT2D eigenvalue weighted by Gasteiger charge is 2.30. The second-order valence-corrected chi connectivity index (χ2v) is 6.49. The first-order valence-electron chi connectivity index (χ1n) is 7.21. The van der Waals surface area contributed by atoms with E-state index in [1.807, 2.05) is 12.1 Å². The molecule has 1 saturated carbocycles. The summed E-state index contributed by atoms with van der Waals surface area (Å²) in [6.07, 6.45) is 4.59. The normalized spacial score (nSPS) is 22.4. The van der Waals surface area contributed by atoms with Crippen LogP contribution in [0.4, 0.5) is 0 Å². The number of carboxylic acids is 1. The largest absolute Gasteiger partial charge is 0.481 e. The molecule has 0 radical (unpaired) electrons. The summed E-state index contributed by atoms with van der Waals surface area (Å²) in [5.74, 6) is -1.05. The van der Waals surface area contributed by atoms with E-state index < -0.39 is 5.97 Å². The van der Waals surface area contributed by atoms with Crippen LogP contribution in [0.5, 0.6) is 0 Å². The van der Waals surface area contributed by atoms with Gasteiger partial charge in [0.15, 0.2) is 0 Å². The average molecular weight is 295 g/mol. The fourth-order valence-corrected chi connectivity index (χ4v) is 3.64. The van der Waals surface area contributed by atoms with Crippen molar-refractivity contribution >= 4 is 23.2 Å². The molecule has 20 heavy (non-hydrogen) atoms. The van der Waals surface area contributed by atoms with E-state index in [2.05, 4.69) is 12.2 Å². The Balaban J connectivity index is 1.90. The second kappa shape index (κ2) is 6.88. The molecule has 5 heteroatoms. The number of hydrogen-bond acceptors (Lipinski definition) is 3. The third-order valence-corrected chi connectivity index (χ3v) is 5.21. The van der Waals surface area contributed by atoms with Gasteiger partial charge in [-0.3, -0.25) is 9.59 Å². The lowest BCUT2D eigenvalue weighted by molar-refractivity contribution is -0.144. The van der Waals surface area contributed by atoms with Crippen LogP contribution in [-0.4, -0.2) is 23.5 Å². The van der Waals surface area contributed by atoms with Crippen LogP contribution in [0, 0.1) is 11.8 Å². The predicted molar refractivity (Wildman–Crippen MR) is 79.1 cm³/mol. The van der Waals surface area contributed by atoms with E-state index in [9.17, 15) is 14.7 Å². The van der Waals surface area contributed by atoms with Crippen molar-refractivity contribution in [1.29, 1.82) is 0 Å². The molecule has 0 spiro atoms. The van der Waals surface area contributed by atoms with Crippen molar-refractivity contribution in [3.05, 3.63) is 21.9 Å². The lowest BCUT2D eigenvalue weighted by Gasteiger charge is -2.28. The molecule has 1 aromatic rings. The standard InChI is InChI=1S/C15H21NO3S/c1-2-11-7-8-13(20-11)14(17)16-9-10-5-3-4-6-12(10)15(18)19/h7-8,10,12H,2-6,9H2,1H3,(H,16,17)(H,18,19). The minimum Gasteiger partial charge on any atom is -0.481 e. The molecule has 4 nitrogen and oxygen atoms in total. The Morgan fingerprint density at radius 2 is 2.10 bits per heavy atom. The second-order valence-electron chi connectivity index (χ2n) is 5.32. The van der Waals surface area contributed by atoms with Gasteiger partial charge in [-0.25, -0.2) is 0 Å². The zero-order chi connectivity index (χ0) is 14.5. The van der Waals surface area contributed by atoms with Gasteiger partial charge in [0.25, 0.3) is 5.91 Å². The van der Waals surface area contributed by atoms with Crippen molar-refractivity contribution in [3.63, 3.8) is 0 Å². The summed E-state index contributed by atoms with van der Waals surface area (Å²) in [7, 11) is 0. The molecule has 1 aliphatic carbocycles. The van der Waals surface area contributed by atoms with Gasteiger partial charge >= 0.3 is 5.97 Å². The highest BCUT2D eigenvalue weighted by molar-refractivity contribution is 7.14. The number of thiophene rings is 1. The number of aliphatic carboxylic acids is 1. The molecule has 1 amide bonds. The highest BCUT2D eigenvalue weighted by atomic mass is 32.1. The topological polar surface area (TPSA) is 66.4 Å². The minimum atomic E-state index is -0.728. The zero-order valence-electron chi connectivity index (χ0n) is 11.7. The molecule has 0 aromatic carbocycles. The van der Waals surface area contributed by atoms with E-state index in [0.717, 1.165) is 32.1 Å². The lowest BCUT2D eigenvalue weighted by Crippen LogP contribution is -2.37. The smallest absolute Gasteiger partial charge is 0.306 e. The predicted octanol–water partition coefficient (Wildman–Crippen LogP) is 2.93. The minimum absolute atomic E-state index is 0.0656. The highest BCUT2D eigenvalue weighted by Crippen LogP contribution is 2.29. The van der Waals surface area contributed by atoms with E-state index in [4.69, 9.17) is 0 Å². The maximum absolute atomic E-state index is 12.0. The summed E-state index contributed by atoms with van der Waals surface area (Å²) in [6, 6.07) is 3.81. The van der Waals surface area contributed by atoms with Gasteiger partial charge in [0.1, 0.15) is 0 Å². The molecule has 110 valence electrons. The number of carboxylic acid groups (broad SMARTS) is 1. The molecule has 0 bridgehead atoms. The number of hydrogen-bond donors (Lipinski definition) is 2. The van der Waals surface area contributed by atoms with Gasteiger partial charge < -0.3 is 10.4 Å². The summed E-state index contributed by atoms with van der Waals surface area (Å²) in [5.41, 5.74) is 0. The van der Waals surface area contributed by atoms with E-state index in [-0.39, 0.29) is 17.7 Å². The Kier molecular flexibility index (Phi) is 5.17. The lowest BCUT2D eigenvalue weighted by atomic mass is 9.79. The van der Waals surface area contributed by atoms with Crippen molar-refractivity contribution in [2.75, 3.05) is 6.54 Å². The van der Waals surface area contributed by atoms with E-state index in [0.29, 0.717) is 11.4 Å². The van der Waals surface area contributed by atoms with Crippen molar-refractivity contribution in [2.45, 2.75) is 39.0 Å². The summed E-state index contributed by atoms with van der Waals surface area (Å²) in [6.45, 7) is 2.53. The number of carbonyl (C=O) groups is 2. The van der Waals surface area contributed by atoms with E-state index >= 15 is 0 Å². The van der Waals surface area contributed by atoms with Gasteiger partial charge in [0.05, 0.1) is 10.8 Å². The molecule has 1 fully saturated rings. The monoisotopic (exact) mass is 295 g/mol. The van der Waals surface area contributed by atoms with Crippen LogP contribution >= 0.6 is 11.3 Å². The molecular formula is C15H21NO3S. The maximum atomic E-state index is 12.0. The first-order chi connectivity index (χ1) is 9.61. The Morgan fingerprint density at radius 3 is 2.75 bits per heavy atom.